The van der Waals surface area contributed by atoms with Crippen molar-refractivity contribution in [2.75, 3.05) is 5.32 Å². The van der Waals surface area contributed by atoms with Gasteiger partial charge in [-0.3, -0.25) is 4.79 Å². The van der Waals surface area contributed by atoms with Crippen molar-refractivity contribution in [2.24, 2.45) is 0 Å². The van der Waals surface area contributed by atoms with E-state index >= 15 is 0 Å². The number of carbonyl (C=O) groups is 1. The molecule has 2 rings (SSSR count). The molecule has 0 aliphatic carbocycles. The highest BCUT2D eigenvalue weighted by atomic mass is 16.1. The zero-order valence-corrected chi connectivity index (χ0v) is 12.4. The SMILES string of the molecule is CCCCC(=O)/C=C(/Nc1ccccc1)c1ccccc1. The average Bonchev–Trinajstić information content (AvgIpc) is 2.54. The molecule has 0 bridgehead atoms. The van der Waals surface area contributed by atoms with Crippen LogP contribution in [-0.2, 0) is 4.79 Å². The number of para-hydroxylation sites is 1. The highest BCUT2D eigenvalue weighted by molar-refractivity contribution is 5.98. The quantitative estimate of drug-likeness (QED) is 0.730. The predicted molar refractivity (Wildman–Crippen MR) is 89.0 cm³/mol. The summed E-state index contributed by atoms with van der Waals surface area (Å²) in [7, 11) is 0. The van der Waals surface area contributed by atoms with Crippen LogP contribution in [0.4, 0.5) is 5.69 Å². The number of benzene rings is 2. The lowest BCUT2D eigenvalue weighted by molar-refractivity contribution is -0.114. The number of hydrogen-bond donors (Lipinski definition) is 1. The molecule has 0 fully saturated rings. The maximum Gasteiger partial charge on any atom is 0.157 e. The van der Waals surface area contributed by atoms with Crippen LogP contribution in [-0.4, -0.2) is 5.78 Å². The molecular weight excluding hydrogens is 258 g/mol. The zero-order valence-electron chi connectivity index (χ0n) is 12.4. The van der Waals surface area contributed by atoms with Crippen LogP contribution >= 0.6 is 0 Å². The van der Waals surface area contributed by atoms with Gasteiger partial charge in [0.15, 0.2) is 5.78 Å². The Morgan fingerprint density at radius 3 is 2.24 bits per heavy atom. The van der Waals surface area contributed by atoms with Crippen LogP contribution in [0.25, 0.3) is 5.70 Å². The number of hydrogen-bond acceptors (Lipinski definition) is 2. The molecule has 0 saturated heterocycles. The molecule has 2 aromatic rings. The molecule has 0 amide bonds. The second-order valence-corrected chi connectivity index (χ2v) is 4.98. The van der Waals surface area contributed by atoms with E-state index in [9.17, 15) is 4.79 Å². The molecular formula is C19H21NO. The van der Waals surface area contributed by atoms with Crippen molar-refractivity contribution >= 4 is 17.2 Å². The van der Waals surface area contributed by atoms with Crippen LogP contribution in [0.1, 0.15) is 31.7 Å². The van der Waals surface area contributed by atoms with Gasteiger partial charge < -0.3 is 5.32 Å². The van der Waals surface area contributed by atoms with Crippen molar-refractivity contribution in [3.63, 3.8) is 0 Å². The third kappa shape index (κ3) is 4.92. The Hall–Kier alpha value is -2.35. The topological polar surface area (TPSA) is 29.1 Å². The zero-order chi connectivity index (χ0) is 14.9. The first kappa shape index (κ1) is 15.0. The summed E-state index contributed by atoms with van der Waals surface area (Å²) in [6, 6.07) is 19.9. The molecule has 0 radical (unpaired) electrons. The van der Waals surface area contributed by atoms with E-state index < -0.39 is 0 Å². The van der Waals surface area contributed by atoms with Crippen LogP contribution in [0.3, 0.4) is 0 Å². The van der Waals surface area contributed by atoms with Crippen molar-refractivity contribution in [3.05, 3.63) is 72.3 Å². The lowest BCUT2D eigenvalue weighted by atomic mass is 10.1. The Labute approximate surface area is 126 Å². The van der Waals surface area contributed by atoms with Gasteiger partial charge in [0.1, 0.15) is 0 Å². The number of unbranched alkanes of at least 4 members (excludes halogenated alkanes) is 1. The van der Waals surface area contributed by atoms with Gasteiger partial charge in [0.25, 0.3) is 0 Å². The largest absolute Gasteiger partial charge is 0.355 e. The average molecular weight is 279 g/mol. The van der Waals surface area contributed by atoms with Crippen LogP contribution in [0.2, 0.25) is 0 Å². The Bertz CT molecular complexity index is 587. The number of carbonyl (C=O) groups excluding carboxylic acids is 1. The molecule has 0 aliphatic heterocycles. The van der Waals surface area contributed by atoms with Crippen molar-refractivity contribution in [3.8, 4) is 0 Å². The molecule has 108 valence electrons. The maximum absolute atomic E-state index is 12.1. The van der Waals surface area contributed by atoms with E-state index in [4.69, 9.17) is 0 Å². The fourth-order valence-corrected chi connectivity index (χ4v) is 2.07. The van der Waals surface area contributed by atoms with Crippen molar-refractivity contribution < 1.29 is 4.79 Å². The Kier molecular flexibility index (Phi) is 5.77. The van der Waals surface area contributed by atoms with Gasteiger partial charge in [0.05, 0.1) is 0 Å². The summed E-state index contributed by atoms with van der Waals surface area (Å²) < 4.78 is 0. The second-order valence-electron chi connectivity index (χ2n) is 4.98. The normalized spacial score (nSPS) is 11.2. The minimum Gasteiger partial charge on any atom is -0.355 e. The number of rotatable bonds is 7. The van der Waals surface area contributed by atoms with E-state index in [-0.39, 0.29) is 5.78 Å². The van der Waals surface area contributed by atoms with Crippen LogP contribution in [0.5, 0.6) is 0 Å². The molecule has 0 atom stereocenters. The minimum absolute atomic E-state index is 0.166. The first-order valence-electron chi connectivity index (χ1n) is 7.41. The fourth-order valence-electron chi connectivity index (χ4n) is 2.07. The predicted octanol–water partition coefficient (Wildman–Crippen LogP) is 4.90. The third-order valence-corrected chi connectivity index (χ3v) is 3.22. The smallest absolute Gasteiger partial charge is 0.157 e. The number of ketones is 1. The van der Waals surface area contributed by atoms with Gasteiger partial charge in [-0.05, 0) is 24.1 Å². The summed E-state index contributed by atoms with van der Waals surface area (Å²) >= 11 is 0. The molecule has 21 heavy (non-hydrogen) atoms. The molecule has 0 unspecified atom stereocenters. The minimum atomic E-state index is 0.166. The number of anilines is 1. The van der Waals surface area contributed by atoms with Crippen LogP contribution in [0, 0.1) is 0 Å². The van der Waals surface area contributed by atoms with Gasteiger partial charge in [0, 0.05) is 23.9 Å². The van der Waals surface area contributed by atoms with Gasteiger partial charge in [-0.2, -0.15) is 0 Å². The standard InChI is InChI=1S/C19H21NO/c1-2-3-14-18(21)15-19(16-10-6-4-7-11-16)20-17-12-8-5-9-13-17/h4-13,15,20H,2-3,14H2,1H3/b19-15+. The summed E-state index contributed by atoms with van der Waals surface area (Å²) in [5.41, 5.74) is 2.85. The van der Waals surface area contributed by atoms with E-state index in [0.717, 1.165) is 29.8 Å². The van der Waals surface area contributed by atoms with E-state index in [2.05, 4.69) is 12.2 Å². The molecule has 2 aromatic carbocycles. The Morgan fingerprint density at radius 1 is 1.00 bits per heavy atom. The van der Waals surface area contributed by atoms with Crippen molar-refractivity contribution in [2.45, 2.75) is 26.2 Å². The summed E-state index contributed by atoms with van der Waals surface area (Å²) in [4.78, 5) is 12.1. The maximum atomic E-state index is 12.1. The van der Waals surface area contributed by atoms with E-state index in [1.54, 1.807) is 6.08 Å². The summed E-state index contributed by atoms with van der Waals surface area (Å²) in [5.74, 6) is 0.166. The molecule has 2 heteroatoms. The van der Waals surface area contributed by atoms with Crippen molar-refractivity contribution in [1.82, 2.24) is 0 Å². The van der Waals surface area contributed by atoms with E-state index in [1.165, 1.54) is 0 Å². The van der Waals surface area contributed by atoms with Gasteiger partial charge in [0.2, 0.25) is 0 Å². The molecule has 2 nitrogen and oxygen atoms in total. The molecule has 0 heterocycles. The first-order valence-corrected chi connectivity index (χ1v) is 7.41. The summed E-state index contributed by atoms with van der Waals surface area (Å²) in [6.45, 7) is 2.09. The second kappa shape index (κ2) is 8.05. The van der Waals surface area contributed by atoms with Gasteiger partial charge >= 0.3 is 0 Å². The summed E-state index contributed by atoms with van der Waals surface area (Å²) in [5, 5.41) is 3.34. The third-order valence-electron chi connectivity index (χ3n) is 3.22. The molecule has 1 N–H and O–H groups in total. The molecule has 0 aliphatic rings. The first-order chi connectivity index (χ1) is 10.3. The fraction of sp³-hybridized carbons (Fsp3) is 0.211. The van der Waals surface area contributed by atoms with Gasteiger partial charge in [-0.15, -0.1) is 0 Å². The lowest BCUT2D eigenvalue weighted by Gasteiger charge is -2.11. The van der Waals surface area contributed by atoms with Crippen molar-refractivity contribution in [1.29, 1.82) is 0 Å². The summed E-state index contributed by atoms with van der Waals surface area (Å²) in [6.07, 6.45) is 4.29. The van der Waals surface area contributed by atoms with Gasteiger partial charge in [-0.25, -0.2) is 0 Å². The Balaban J connectivity index is 2.22. The molecule has 0 aromatic heterocycles. The van der Waals surface area contributed by atoms with E-state index in [0.29, 0.717) is 6.42 Å². The van der Waals surface area contributed by atoms with Crippen LogP contribution < -0.4 is 5.32 Å². The van der Waals surface area contributed by atoms with Gasteiger partial charge in [-0.1, -0.05) is 61.9 Å². The lowest BCUT2D eigenvalue weighted by Crippen LogP contribution is -2.03. The Morgan fingerprint density at radius 2 is 1.62 bits per heavy atom. The number of nitrogens with one attached hydrogen (secondary N) is 1. The number of allylic oxidation sites excluding steroid dienone is 1. The monoisotopic (exact) mass is 279 g/mol. The molecule has 0 saturated carbocycles. The highest BCUT2D eigenvalue weighted by Gasteiger charge is 2.05. The van der Waals surface area contributed by atoms with E-state index in [1.807, 2.05) is 60.7 Å². The molecule has 0 spiro atoms. The van der Waals surface area contributed by atoms with Crippen LogP contribution in [0.15, 0.2) is 66.7 Å². The highest BCUT2D eigenvalue weighted by Crippen LogP contribution is 2.18.